The summed E-state index contributed by atoms with van der Waals surface area (Å²) in [6, 6.07) is 10.5. The van der Waals surface area contributed by atoms with Crippen LogP contribution in [-0.2, 0) is 21.0 Å². The van der Waals surface area contributed by atoms with Crippen LogP contribution in [0.3, 0.4) is 0 Å². The summed E-state index contributed by atoms with van der Waals surface area (Å²) in [4.78, 5) is 11.1. The molecule has 5 rings (SSSR count). The second-order valence-corrected chi connectivity index (χ2v) is 14.9. The highest BCUT2D eigenvalue weighted by molar-refractivity contribution is 7.86. The first kappa shape index (κ1) is 33.2. The SMILES string of the molecule is CC(C)C1CCCCC1.CN(C)S(N)(=O)=O.Cc1nccc(-n2ccc3c(N4CCC(S(C)=O)CC4)cccc32)n1. The molecule has 1 aliphatic heterocycles. The second-order valence-electron chi connectivity index (χ2n) is 11.5. The van der Waals surface area contributed by atoms with Crippen molar-refractivity contribution in [1.82, 2.24) is 18.8 Å². The Morgan fingerprint density at radius 2 is 1.66 bits per heavy atom. The highest BCUT2D eigenvalue weighted by Crippen LogP contribution is 2.32. The van der Waals surface area contributed by atoms with Crippen molar-refractivity contribution in [3.05, 3.63) is 48.5 Å². The van der Waals surface area contributed by atoms with E-state index in [9.17, 15) is 12.6 Å². The molecule has 41 heavy (non-hydrogen) atoms. The summed E-state index contributed by atoms with van der Waals surface area (Å²) in [7, 11) is -1.39. The van der Waals surface area contributed by atoms with Gasteiger partial charge in [0.15, 0.2) is 0 Å². The van der Waals surface area contributed by atoms with Gasteiger partial charge in [0.05, 0.1) is 5.52 Å². The van der Waals surface area contributed by atoms with Crippen LogP contribution < -0.4 is 10.0 Å². The lowest BCUT2D eigenvalue weighted by Gasteiger charge is -2.33. The van der Waals surface area contributed by atoms with E-state index in [2.05, 4.69) is 68.9 Å². The average Bonchev–Trinajstić information content (AvgIpc) is 3.38. The van der Waals surface area contributed by atoms with Crippen LogP contribution >= 0.6 is 0 Å². The molecule has 3 heterocycles. The maximum atomic E-state index is 11.7. The van der Waals surface area contributed by atoms with E-state index >= 15 is 0 Å². The number of aromatic nitrogens is 3. The lowest BCUT2D eigenvalue weighted by molar-refractivity contribution is 0.279. The molecule has 1 atom stereocenters. The van der Waals surface area contributed by atoms with Crippen molar-refractivity contribution in [2.45, 2.75) is 71.0 Å². The van der Waals surface area contributed by atoms with Gasteiger partial charge in [-0.15, -0.1) is 0 Å². The largest absolute Gasteiger partial charge is 0.371 e. The predicted octanol–water partition coefficient (Wildman–Crippen LogP) is 5.05. The molecule has 0 bridgehead atoms. The van der Waals surface area contributed by atoms with Crippen LogP contribution in [0.15, 0.2) is 42.7 Å². The monoisotopic (exact) mass is 604 g/mol. The molecule has 2 aromatic heterocycles. The molecule has 228 valence electrons. The molecule has 3 aromatic rings. The highest BCUT2D eigenvalue weighted by Gasteiger charge is 2.23. The van der Waals surface area contributed by atoms with Crippen LogP contribution in [0.2, 0.25) is 0 Å². The molecule has 1 unspecified atom stereocenters. The lowest BCUT2D eigenvalue weighted by Crippen LogP contribution is -2.37. The quantitative estimate of drug-likeness (QED) is 0.436. The molecule has 1 aliphatic carbocycles. The van der Waals surface area contributed by atoms with E-state index < -0.39 is 21.0 Å². The summed E-state index contributed by atoms with van der Waals surface area (Å²) in [6.07, 6.45) is 15.1. The van der Waals surface area contributed by atoms with Gasteiger partial charge >= 0.3 is 0 Å². The molecule has 2 aliphatic rings. The van der Waals surface area contributed by atoms with Gasteiger partial charge in [-0.2, -0.15) is 12.7 Å². The lowest BCUT2D eigenvalue weighted by atomic mass is 9.82. The molecule has 9 nitrogen and oxygen atoms in total. The first-order valence-electron chi connectivity index (χ1n) is 14.6. The Balaban J connectivity index is 0.000000237. The number of anilines is 1. The number of nitrogens with zero attached hydrogens (tertiary/aromatic N) is 5. The van der Waals surface area contributed by atoms with Crippen LogP contribution in [0.5, 0.6) is 0 Å². The molecule has 2 N–H and O–H groups in total. The van der Waals surface area contributed by atoms with Gasteiger partial charge in [0, 0.05) is 73.0 Å². The van der Waals surface area contributed by atoms with Gasteiger partial charge in [0.2, 0.25) is 0 Å². The van der Waals surface area contributed by atoms with Crippen LogP contribution in [-0.4, -0.2) is 70.2 Å². The zero-order valence-electron chi connectivity index (χ0n) is 25.5. The summed E-state index contributed by atoms with van der Waals surface area (Å²) in [6.45, 7) is 8.54. The smallest absolute Gasteiger partial charge is 0.276 e. The zero-order valence-corrected chi connectivity index (χ0v) is 27.1. The highest BCUT2D eigenvalue weighted by atomic mass is 32.2. The Bertz CT molecular complexity index is 1380. The minimum Gasteiger partial charge on any atom is -0.371 e. The Morgan fingerprint density at radius 3 is 2.17 bits per heavy atom. The minimum atomic E-state index is -3.41. The minimum absolute atomic E-state index is 0.337. The molecular formula is C30H48N6O3S2. The van der Waals surface area contributed by atoms with Gasteiger partial charge in [0.1, 0.15) is 11.6 Å². The zero-order chi connectivity index (χ0) is 30.2. The fourth-order valence-electron chi connectivity index (χ4n) is 5.43. The van der Waals surface area contributed by atoms with E-state index in [-0.39, 0.29) is 0 Å². The van der Waals surface area contributed by atoms with E-state index in [0.29, 0.717) is 5.25 Å². The number of hydrogen-bond donors (Lipinski definition) is 1. The number of hydrogen-bond acceptors (Lipinski definition) is 6. The number of benzene rings is 1. The predicted molar refractivity (Wildman–Crippen MR) is 171 cm³/mol. The van der Waals surface area contributed by atoms with Crippen molar-refractivity contribution < 1.29 is 12.6 Å². The summed E-state index contributed by atoms with van der Waals surface area (Å²) < 4.78 is 34.8. The van der Waals surface area contributed by atoms with Crippen LogP contribution in [0.1, 0.15) is 64.6 Å². The molecule has 0 spiro atoms. The topological polar surface area (TPSA) is 114 Å². The molecule has 11 heteroatoms. The van der Waals surface area contributed by atoms with Crippen LogP contribution in [0.4, 0.5) is 5.69 Å². The summed E-state index contributed by atoms with van der Waals surface area (Å²) >= 11 is 0. The van der Waals surface area contributed by atoms with E-state index in [1.807, 2.05) is 19.2 Å². The van der Waals surface area contributed by atoms with Gasteiger partial charge < -0.3 is 9.47 Å². The Kier molecular flexibility index (Phi) is 12.3. The van der Waals surface area contributed by atoms with E-state index in [4.69, 9.17) is 0 Å². The Labute approximate surface area is 249 Å². The van der Waals surface area contributed by atoms with E-state index in [1.165, 1.54) is 57.3 Å². The molecule has 1 saturated heterocycles. The van der Waals surface area contributed by atoms with Gasteiger partial charge in [-0.3, -0.25) is 4.21 Å². The fraction of sp³-hybridized carbons (Fsp3) is 0.600. The van der Waals surface area contributed by atoms with Crippen molar-refractivity contribution in [3.63, 3.8) is 0 Å². The number of piperidine rings is 1. The van der Waals surface area contributed by atoms with E-state index in [1.54, 1.807) is 6.20 Å². The summed E-state index contributed by atoms with van der Waals surface area (Å²) in [5, 5.41) is 6.14. The van der Waals surface area contributed by atoms with Crippen molar-refractivity contribution in [3.8, 4) is 5.82 Å². The fourth-order valence-corrected chi connectivity index (χ4v) is 6.31. The first-order chi connectivity index (χ1) is 19.4. The number of rotatable bonds is 5. The molecule has 0 amide bonds. The standard InChI is InChI=1S/C19H22N4OS.C9H18.C2H8N2O2S/c1-14-20-10-6-19(21-14)23-13-9-16-17(4-3-5-18(16)23)22-11-7-15(8-12-22)25(2)24;1-8(2)9-6-4-3-5-7-9;1-4(2)7(3,5)6/h3-6,9-10,13,15H,7-8,11-12H2,1-2H3;8-9H,3-7H2,1-2H3;1-2H3,(H2,3,5,6). The first-order valence-corrected chi connectivity index (χ1v) is 17.7. The Morgan fingerprint density at radius 1 is 1.02 bits per heavy atom. The average molecular weight is 605 g/mol. The van der Waals surface area contributed by atoms with Crippen LogP contribution in [0.25, 0.3) is 16.7 Å². The maximum Gasteiger partial charge on any atom is 0.276 e. The van der Waals surface area contributed by atoms with Crippen molar-refractivity contribution in [1.29, 1.82) is 0 Å². The third kappa shape index (κ3) is 9.59. The van der Waals surface area contributed by atoms with Gasteiger partial charge in [-0.1, -0.05) is 52.0 Å². The number of nitrogens with two attached hydrogens (primary N) is 1. The summed E-state index contributed by atoms with van der Waals surface area (Å²) in [5.41, 5.74) is 2.40. The number of fused-ring (bicyclic) bond motifs is 1. The normalized spacial score (nSPS) is 17.6. The molecular weight excluding hydrogens is 557 g/mol. The molecule has 1 aromatic carbocycles. The van der Waals surface area contributed by atoms with Crippen molar-refractivity contribution in [2.24, 2.45) is 17.0 Å². The maximum absolute atomic E-state index is 11.7. The van der Waals surface area contributed by atoms with Gasteiger partial charge in [0.25, 0.3) is 10.2 Å². The van der Waals surface area contributed by atoms with E-state index in [0.717, 1.165) is 59.2 Å². The van der Waals surface area contributed by atoms with Crippen molar-refractivity contribution >= 4 is 37.6 Å². The van der Waals surface area contributed by atoms with Gasteiger partial charge in [-0.25, -0.2) is 15.1 Å². The van der Waals surface area contributed by atoms with Crippen LogP contribution in [0, 0.1) is 18.8 Å². The number of aryl methyl sites for hydroxylation is 1. The van der Waals surface area contributed by atoms with Crippen molar-refractivity contribution in [2.75, 3.05) is 38.3 Å². The third-order valence-electron chi connectivity index (χ3n) is 8.07. The molecule has 0 radical (unpaired) electrons. The Hall–Kier alpha value is -2.34. The molecule has 2 fully saturated rings. The second kappa shape index (κ2) is 15.2. The summed E-state index contributed by atoms with van der Waals surface area (Å²) in [5.74, 6) is 3.65. The molecule has 1 saturated carbocycles. The third-order valence-corrected chi connectivity index (χ3v) is 10.5. The van der Waals surface area contributed by atoms with Gasteiger partial charge in [-0.05, 0) is 55.9 Å².